The molecule has 2 heterocycles. The Balaban J connectivity index is 1.95. The van der Waals surface area contributed by atoms with Gasteiger partial charge in [0.25, 0.3) is 0 Å². The van der Waals surface area contributed by atoms with Crippen molar-refractivity contribution >= 4 is 22.6 Å². The maximum Gasteiger partial charge on any atom is 0.125 e. The van der Waals surface area contributed by atoms with E-state index in [2.05, 4.69) is 21.7 Å². The minimum absolute atomic E-state index is 0.146. The fraction of sp³-hybridized carbons (Fsp3) is 0.188. The van der Waals surface area contributed by atoms with Gasteiger partial charge in [-0.15, -0.1) is 11.6 Å². The molecule has 1 atom stereocenters. The van der Waals surface area contributed by atoms with Crippen molar-refractivity contribution in [2.24, 2.45) is 0 Å². The van der Waals surface area contributed by atoms with Crippen molar-refractivity contribution in [2.75, 3.05) is 6.61 Å². The van der Waals surface area contributed by atoms with Crippen LogP contribution in [0.5, 0.6) is 5.75 Å². The zero-order chi connectivity index (χ0) is 13.5. The minimum atomic E-state index is 0.146. The molecule has 0 saturated carbocycles. The summed E-state index contributed by atoms with van der Waals surface area (Å²) in [6.45, 7) is 0.629. The number of imidazole rings is 1. The Labute approximate surface area is 121 Å². The van der Waals surface area contributed by atoms with Crippen LogP contribution in [-0.4, -0.2) is 16.2 Å². The number of alkyl halides is 1. The van der Waals surface area contributed by atoms with E-state index in [1.165, 1.54) is 5.56 Å². The first-order chi connectivity index (χ1) is 9.88. The molecular formula is C16H13ClN2O. The van der Waals surface area contributed by atoms with E-state index in [0.29, 0.717) is 12.5 Å². The fourth-order valence-electron chi connectivity index (χ4n) is 2.90. The van der Waals surface area contributed by atoms with Gasteiger partial charge in [-0.2, -0.15) is 0 Å². The quantitative estimate of drug-likeness (QED) is 0.670. The van der Waals surface area contributed by atoms with E-state index in [1.54, 1.807) is 0 Å². The molecule has 3 aromatic rings. The van der Waals surface area contributed by atoms with Crippen LogP contribution in [0.25, 0.3) is 11.0 Å². The normalized spacial score (nSPS) is 17.1. The maximum atomic E-state index is 6.08. The topological polar surface area (TPSA) is 27.1 Å². The molecule has 3 nitrogen and oxygen atoms in total. The van der Waals surface area contributed by atoms with Crippen molar-refractivity contribution in [1.82, 2.24) is 9.55 Å². The van der Waals surface area contributed by atoms with Crippen molar-refractivity contribution in [3.63, 3.8) is 0 Å². The van der Waals surface area contributed by atoms with Crippen molar-refractivity contribution in [3.8, 4) is 5.75 Å². The van der Waals surface area contributed by atoms with Gasteiger partial charge >= 0.3 is 0 Å². The molecular weight excluding hydrogens is 272 g/mol. The second-order valence-electron chi connectivity index (χ2n) is 4.89. The van der Waals surface area contributed by atoms with Crippen LogP contribution in [0, 0.1) is 0 Å². The number of hydrogen-bond acceptors (Lipinski definition) is 2. The van der Waals surface area contributed by atoms with Gasteiger partial charge in [-0.3, -0.25) is 0 Å². The molecule has 0 bridgehead atoms. The number of para-hydroxylation sites is 3. The highest BCUT2D eigenvalue weighted by atomic mass is 35.5. The SMILES string of the molecule is ClCc1nc2ccccc2n1C1COc2ccccc21. The maximum absolute atomic E-state index is 6.08. The van der Waals surface area contributed by atoms with Gasteiger partial charge in [0.2, 0.25) is 0 Å². The summed E-state index contributed by atoms with van der Waals surface area (Å²) in [5, 5.41) is 0. The third-order valence-corrected chi connectivity index (χ3v) is 4.01. The smallest absolute Gasteiger partial charge is 0.125 e. The third kappa shape index (κ3) is 1.63. The molecule has 0 spiro atoms. The molecule has 0 radical (unpaired) electrons. The largest absolute Gasteiger partial charge is 0.491 e. The first-order valence-corrected chi connectivity index (χ1v) is 7.15. The average molecular weight is 285 g/mol. The Hall–Kier alpha value is -2.00. The Morgan fingerprint density at radius 2 is 1.95 bits per heavy atom. The number of fused-ring (bicyclic) bond motifs is 2. The van der Waals surface area contributed by atoms with Crippen LogP contribution in [0.4, 0.5) is 0 Å². The highest BCUT2D eigenvalue weighted by molar-refractivity contribution is 6.16. The Bertz CT molecular complexity index is 781. The van der Waals surface area contributed by atoms with Crippen molar-refractivity contribution in [1.29, 1.82) is 0 Å². The minimum Gasteiger partial charge on any atom is -0.491 e. The van der Waals surface area contributed by atoms with Crippen LogP contribution < -0.4 is 4.74 Å². The van der Waals surface area contributed by atoms with Crippen LogP contribution in [0.1, 0.15) is 17.4 Å². The van der Waals surface area contributed by atoms with Crippen molar-refractivity contribution in [2.45, 2.75) is 11.9 Å². The van der Waals surface area contributed by atoms with E-state index < -0.39 is 0 Å². The molecule has 1 aromatic heterocycles. The third-order valence-electron chi connectivity index (χ3n) is 3.77. The molecule has 1 aliphatic heterocycles. The lowest BCUT2D eigenvalue weighted by Gasteiger charge is -2.15. The van der Waals surface area contributed by atoms with Gasteiger partial charge in [0.1, 0.15) is 18.2 Å². The molecule has 2 aromatic carbocycles. The molecule has 4 rings (SSSR count). The van der Waals surface area contributed by atoms with Crippen LogP contribution in [0.2, 0.25) is 0 Å². The predicted octanol–water partition coefficient (Wildman–Crippen LogP) is 3.76. The predicted molar refractivity (Wildman–Crippen MR) is 79.4 cm³/mol. The molecule has 1 aliphatic rings. The summed E-state index contributed by atoms with van der Waals surface area (Å²) in [7, 11) is 0. The fourth-order valence-corrected chi connectivity index (χ4v) is 3.08. The van der Waals surface area contributed by atoms with Gasteiger partial charge in [-0.1, -0.05) is 30.3 Å². The molecule has 4 heteroatoms. The number of halogens is 1. The zero-order valence-electron chi connectivity index (χ0n) is 10.8. The standard InChI is InChI=1S/C16H13ClN2O/c17-9-16-18-12-6-2-3-7-13(12)19(16)14-10-20-15-8-4-1-5-11(14)15/h1-8,14H,9-10H2. The second kappa shape index (κ2) is 4.53. The van der Waals surface area contributed by atoms with E-state index in [9.17, 15) is 0 Å². The highest BCUT2D eigenvalue weighted by Crippen LogP contribution is 2.37. The van der Waals surface area contributed by atoms with Gasteiger partial charge in [0.15, 0.2) is 0 Å². The molecule has 1 unspecified atom stereocenters. The van der Waals surface area contributed by atoms with E-state index in [4.69, 9.17) is 16.3 Å². The molecule has 0 N–H and O–H groups in total. The number of ether oxygens (including phenoxy) is 1. The summed E-state index contributed by atoms with van der Waals surface area (Å²) < 4.78 is 7.99. The van der Waals surface area contributed by atoms with E-state index >= 15 is 0 Å². The zero-order valence-corrected chi connectivity index (χ0v) is 11.5. The van der Waals surface area contributed by atoms with Crippen molar-refractivity contribution in [3.05, 3.63) is 59.9 Å². The number of nitrogens with zero attached hydrogens (tertiary/aromatic N) is 2. The van der Waals surface area contributed by atoms with Crippen LogP contribution in [0.15, 0.2) is 48.5 Å². The van der Waals surface area contributed by atoms with Gasteiger partial charge in [-0.05, 0) is 18.2 Å². The number of aromatic nitrogens is 2. The number of rotatable bonds is 2. The second-order valence-corrected chi connectivity index (χ2v) is 5.15. The molecule has 20 heavy (non-hydrogen) atoms. The summed E-state index contributed by atoms with van der Waals surface area (Å²) in [5.74, 6) is 2.24. The molecule has 0 fully saturated rings. The van der Waals surface area contributed by atoms with E-state index in [1.807, 2.05) is 36.4 Å². The summed E-state index contributed by atoms with van der Waals surface area (Å²) in [6, 6.07) is 16.4. The molecule has 0 aliphatic carbocycles. The van der Waals surface area contributed by atoms with E-state index in [-0.39, 0.29) is 6.04 Å². The van der Waals surface area contributed by atoms with Gasteiger partial charge in [0.05, 0.1) is 23.0 Å². The van der Waals surface area contributed by atoms with Gasteiger partial charge in [-0.25, -0.2) is 4.98 Å². The monoisotopic (exact) mass is 284 g/mol. The molecule has 100 valence electrons. The summed E-state index contributed by atoms with van der Waals surface area (Å²) in [6.07, 6.45) is 0. The molecule has 0 amide bonds. The van der Waals surface area contributed by atoms with Crippen LogP contribution in [0.3, 0.4) is 0 Å². The van der Waals surface area contributed by atoms with Crippen LogP contribution >= 0.6 is 11.6 Å². The lowest BCUT2D eigenvalue weighted by atomic mass is 10.1. The number of hydrogen-bond donors (Lipinski definition) is 0. The lowest BCUT2D eigenvalue weighted by Crippen LogP contribution is -2.14. The van der Waals surface area contributed by atoms with Gasteiger partial charge in [0, 0.05) is 5.56 Å². The van der Waals surface area contributed by atoms with E-state index in [0.717, 1.165) is 22.6 Å². The van der Waals surface area contributed by atoms with Crippen molar-refractivity contribution < 1.29 is 4.74 Å². The summed E-state index contributed by atoms with van der Waals surface area (Å²) >= 11 is 6.08. The first-order valence-electron chi connectivity index (χ1n) is 6.62. The Kier molecular flexibility index (Phi) is 2.67. The average Bonchev–Trinajstić information content (AvgIpc) is 3.07. The number of benzene rings is 2. The van der Waals surface area contributed by atoms with Gasteiger partial charge < -0.3 is 9.30 Å². The lowest BCUT2D eigenvalue weighted by molar-refractivity contribution is 0.317. The highest BCUT2D eigenvalue weighted by Gasteiger charge is 2.28. The van der Waals surface area contributed by atoms with Crippen LogP contribution in [-0.2, 0) is 5.88 Å². The summed E-state index contributed by atoms with van der Waals surface area (Å²) in [4.78, 5) is 4.62. The molecule has 0 saturated heterocycles. The summed E-state index contributed by atoms with van der Waals surface area (Å²) in [5.41, 5.74) is 3.28. The first kappa shape index (κ1) is 11.8. The Morgan fingerprint density at radius 1 is 1.15 bits per heavy atom. The Morgan fingerprint density at radius 3 is 2.85 bits per heavy atom.